The Labute approximate surface area is 171 Å². The Morgan fingerprint density at radius 1 is 1.07 bits per heavy atom. The van der Waals surface area contributed by atoms with Crippen molar-refractivity contribution in [1.82, 2.24) is 0 Å². The lowest BCUT2D eigenvalue weighted by atomic mass is 10.1. The molecule has 0 aromatic heterocycles. The zero-order valence-electron chi connectivity index (χ0n) is 14.0. The van der Waals surface area contributed by atoms with Crippen molar-refractivity contribution < 1.29 is 27.9 Å². The first kappa shape index (κ1) is 18.4. The van der Waals surface area contributed by atoms with Crippen molar-refractivity contribution in [1.29, 1.82) is 0 Å². The molecule has 0 saturated carbocycles. The normalized spacial score (nSPS) is 15.0. The fourth-order valence-corrected chi connectivity index (χ4v) is 3.30. The van der Waals surface area contributed by atoms with E-state index >= 15 is 0 Å². The summed E-state index contributed by atoms with van der Waals surface area (Å²) in [6.45, 7) is -0.257. The van der Waals surface area contributed by atoms with Crippen LogP contribution < -0.4 is 14.5 Å². The minimum Gasteiger partial charge on any atom is -0.481 e. The minimum absolute atomic E-state index is 0.0277. The molecular weight excluding hydrogens is 485 g/mol. The number of carbonyl (C=O) groups excluding carboxylic acids is 3. The lowest BCUT2D eigenvalue weighted by molar-refractivity contribution is -0.121. The Kier molecular flexibility index (Phi) is 4.50. The van der Waals surface area contributed by atoms with Gasteiger partial charge < -0.3 is 4.74 Å². The average Bonchev–Trinajstić information content (AvgIpc) is 2.92. The van der Waals surface area contributed by atoms with Crippen LogP contribution in [0.5, 0.6) is 5.75 Å². The van der Waals surface area contributed by atoms with Gasteiger partial charge in [0.05, 0.1) is 29.0 Å². The molecule has 9 heteroatoms. The number of imide groups is 1. The van der Waals surface area contributed by atoms with Gasteiger partial charge in [-0.3, -0.25) is 19.3 Å². The van der Waals surface area contributed by atoms with E-state index in [-0.39, 0.29) is 30.2 Å². The number of benzene rings is 2. The van der Waals surface area contributed by atoms with Crippen LogP contribution in [0, 0.1) is 21.5 Å². The highest BCUT2D eigenvalue weighted by atomic mass is 127. The summed E-state index contributed by atoms with van der Waals surface area (Å²) in [7, 11) is 0. The molecule has 0 atom stereocenters. The van der Waals surface area contributed by atoms with E-state index in [1.807, 2.05) is 22.6 Å². The molecule has 0 unspecified atom stereocenters. The molecule has 2 aliphatic heterocycles. The summed E-state index contributed by atoms with van der Waals surface area (Å²) in [5, 5.41) is 0. The first-order valence-corrected chi connectivity index (χ1v) is 9.04. The zero-order valence-corrected chi connectivity index (χ0v) is 16.1. The maximum atomic E-state index is 14.7. The van der Waals surface area contributed by atoms with Crippen molar-refractivity contribution in [2.45, 2.75) is 0 Å². The molecule has 2 aliphatic rings. The molecule has 4 rings (SSSR count). The number of amides is 3. The van der Waals surface area contributed by atoms with Gasteiger partial charge in [0.25, 0.3) is 17.7 Å². The third-order valence-corrected chi connectivity index (χ3v) is 4.76. The molecular formula is C19H9F2IN2O4. The second-order valence-electron chi connectivity index (χ2n) is 5.92. The summed E-state index contributed by atoms with van der Waals surface area (Å²) in [6.07, 6.45) is 0. The molecule has 0 radical (unpaired) electrons. The number of hydrogen-bond acceptors (Lipinski definition) is 4. The number of rotatable bonds is 2. The average molecular weight is 494 g/mol. The Morgan fingerprint density at radius 2 is 1.86 bits per heavy atom. The van der Waals surface area contributed by atoms with Gasteiger partial charge in [0.1, 0.15) is 11.6 Å². The summed E-state index contributed by atoms with van der Waals surface area (Å²) in [6, 6.07) is 5.79. The maximum Gasteiger partial charge on any atom is 0.269 e. The molecule has 140 valence electrons. The second kappa shape index (κ2) is 6.87. The molecule has 0 N–H and O–H groups in total. The van der Waals surface area contributed by atoms with Crippen LogP contribution in [0.25, 0.3) is 0 Å². The minimum atomic E-state index is -0.974. The van der Waals surface area contributed by atoms with Crippen LogP contribution in [-0.4, -0.2) is 30.9 Å². The first-order chi connectivity index (χ1) is 13.4. The molecule has 28 heavy (non-hydrogen) atoms. The Bertz CT molecular complexity index is 1120. The second-order valence-corrected chi connectivity index (χ2v) is 6.46. The Balaban J connectivity index is 1.84. The standard InChI is InChI=1S/C19H9F2IN2O4/c20-11-4-1-3-10-17(11)19(27)24(18(10)26)13-8-14-15(7-12(13)21)28-9-16(25)23(14)6-2-5-22/h1,3-4,7-8H,6,9H2. The monoisotopic (exact) mass is 494 g/mol. The summed E-state index contributed by atoms with van der Waals surface area (Å²) in [5.74, 6) is -1.20. The fourth-order valence-electron chi connectivity index (χ4n) is 3.13. The van der Waals surface area contributed by atoms with Crippen LogP contribution in [0.3, 0.4) is 0 Å². The van der Waals surface area contributed by atoms with E-state index in [2.05, 4.69) is 9.85 Å². The molecule has 0 spiro atoms. The number of halogens is 3. The highest BCUT2D eigenvalue weighted by Gasteiger charge is 2.41. The lowest BCUT2D eigenvalue weighted by Gasteiger charge is -2.29. The van der Waals surface area contributed by atoms with E-state index in [0.29, 0.717) is 4.90 Å². The predicted molar refractivity (Wildman–Crippen MR) is 104 cm³/mol. The van der Waals surface area contributed by atoms with Crippen molar-refractivity contribution in [2.24, 2.45) is 0 Å². The number of nitrogens with zero attached hydrogens (tertiary/aromatic N) is 2. The molecule has 0 bridgehead atoms. The van der Waals surface area contributed by atoms with Crippen LogP contribution in [0.2, 0.25) is 0 Å². The van der Waals surface area contributed by atoms with Crippen molar-refractivity contribution in [3.63, 3.8) is 0 Å². The SMILES string of the molecule is O=C1COc2cc(F)c(N3C(=O)c4cccc(F)c4C3=O)cc2N1CC#CI. The van der Waals surface area contributed by atoms with Crippen LogP contribution in [0.15, 0.2) is 30.3 Å². The van der Waals surface area contributed by atoms with Gasteiger partial charge >= 0.3 is 0 Å². The maximum absolute atomic E-state index is 14.7. The molecule has 2 aromatic rings. The van der Waals surface area contributed by atoms with Gasteiger partial charge in [-0.15, -0.1) is 0 Å². The van der Waals surface area contributed by atoms with Crippen LogP contribution >= 0.6 is 22.6 Å². The summed E-state index contributed by atoms with van der Waals surface area (Å²) < 4.78 is 36.7. The van der Waals surface area contributed by atoms with Crippen molar-refractivity contribution in [3.05, 3.63) is 53.1 Å². The molecule has 3 amide bonds. The van der Waals surface area contributed by atoms with E-state index in [1.165, 1.54) is 17.0 Å². The number of carbonyl (C=O) groups is 3. The number of fused-ring (bicyclic) bond motifs is 2. The molecule has 2 aromatic carbocycles. The summed E-state index contributed by atoms with van der Waals surface area (Å²) in [5.41, 5.74) is -0.787. The fraction of sp³-hybridized carbons (Fsp3) is 0.105. The van der Waals surface area contributed by atoms with E-state index in [0.717, 1.165) is 18.2 Å². The molecule has 0 fully saturated rings. The van der Waals surface area contributed by atoms with E-state index in [9.17, 15) is 23.2 Å². The Morgan fingerprint density at radius 3 is 2.57 bits per heavy atom. The number of ether oxygens (including phenoxy) is 1. The predicted octanol–water partition coefficient (Wildman–Crippen LogP) is 2.89. The summed E-state index contributed by atoms with van der Waals surface area (Å²) in [4.78, 5) is 39.3. The van der Waals surface area contributed by atoms with E-state index in [4.69, 9.17) is 4.74 Å². The van der Waals surface area contributed by atoms with Gasteiger partial charge in [-0.2, -0.15) is 0 Å². The largest absolute Gasteiger partial charge is 0.481 e. The van der Waals surface area contributed by atoms with Gasteiger partial charge in [0, 0.05) is 28.7 Å². The van der Waals surface area contributed by atoms with E-state index < -0.39 is 40.6 Å². The van der Waals surface area contributed by atoms with Gasteiger partial charge in [0.2, 0.25) is 0 Å². The van der Waals surface area contributed by atoms with Crippen LogP contribution in [0.1, 0.15) is 20.7 Å². The van der Waals surface area contributed by atoms with Gasteiger partial charge in [-0.1, -0.05) is 12.0 Å². The van der Waals surface area contributed by atoms with Gasteiger partial charge in [-0.05, 0) is 22.1 Å². The number of hydrogen-bond donors (Lipinski definition) is 0. The number of anilines is 2. The first-order valence-electron chi connectivity index (χ1n) is 7.96. The van der Waals surface area contributed by atoms with Crippen molar-refractivity contribution >= 4 is 51.7 Å². The van der Waals surface area contributed by atoms with Gasteiger partial charge in [0.15, 0.2) is 12.4 Å². The van der Waals surface area contributed by atoms with Crippen molar-refractivity contribution in [3.8, 4) is 15.6 Å². The third-order valence-electron chi connectivity index (χ3n) is 4.38. The lowest BCUT2D eigenvalue weighted by Crippen LogP contribution is -2.39. The topological polar surface area (TPSA) is 66.9 Å². The van der Waals surface area contributed by atoms with Crippen LogP contribution in [-0.2, 0) is 4.79 Å². The van der Waals surface area contributed by atoms with Gasteiger partial charge in [-0.25, -0.2) is 13.7 Å². The molecule has 2 heterocycles. The highest BCUT2D eigenvalue weighted by molar-refractivity contribution is 14.1. The highest BCUT2D eigenvalue weighted by Crippen LogP contribution is 2.40. The zero-order chi connectivity index (χ0) is 20.0. The van der Waals surface area contributed by atoms with E-state index in [1.54, 1.807) is 0 Å². The molecule has 0 saturated heterocycles. The van der Waals surface area contributed by atoms with Crippen LogP contribution in [0.4, 0.5) is 20.2 Å². The smallest absolute Gasteiger partial charge is 0.269 e. The summed E-state index contributed by atoms with van der Waals surface area (Å²) >= 11 is 1.82. The quantitative estimate of drug-likeness (QED) is 0.366. The molecule has 6 nitrogen and oxygen atoms in total. The van der Waals surface area contributed by atoms with Crippen molar-refractivity contribution in [2.75, 3.05) is 23.0 Å². The molecule has 0 aliphatic carbocycles. The Hall–Kier alpha value is -3.00. The third kappa shape index (κ3) is 2.72.